The molecule has 5 heteroatoms. The highest BCUT2D eigenvalue weighted by Crippen LogP contribution is 2.39. The van der Waals surface area contributed by atoms with E-state index in [1.165, 1.54) is 24.5 Å². The van der Waals surface area contributed by atoms with Crippen molar-refractivity contribution in [1.82, 2.24) is 0 Å². The van der Waals surface area contributed by atoms with Gasteiger partial charge in [0.1, 0.15) is 12.9 Å². The van der Waals surface area contributed by atoms with Gasteiger partial charge in [0.25, 0.3) is 0 Å². The second-order valence-electron chi connectivity index (χ2n) is 5.57. The summed E-state index contributed by atoms with van der Waals surface area (Å²) in [5.74, 6) is 0.713. The number of rotatable bonds is 5. The third-order valence-corrected chi connectivity index (χ3v) is 4.08. The van der Waals surface area contributed by atoms with E-state index in [2.05, 4.69) is 17.4 Å². The number of ether oxygens (including phenoxy) is 1. The van der Waals surface area contributed by atoms with Crippen molar-refractivity contribution in [3.8, 4) is 0 Å². The van der Waals surface area contributed by atoms with Crippen molar-refractivity contribution < 1.29 is 14.3 Å². The first kappa shape index (κ1) is 15.6. The molecule has 1 N–H and O–H groups in total. The molecule has 0 spiro atoms. The molecule has 0 aromatic heterocycles. The predicted molar refractivity (Wildman–Crippen MR) is 89.1 cm³/mol. The maximum atomic E-state index is 11.8. The van der Waals surface area contributed by atoms with Crippen molar-refractivity contribution in [2.75, 3.05) is 5.32 Å². The van der Waals surface area contributed by atoms with Gasteiger partial charge in [0, 0.05) is 5.56 Å². The van der Waals surface area contributed by atoms with Crippen LogP contribution in [0.25, 0.3) is 0 Å². The Bertz CT molecular complexity index is 724. The van der Waals surface area contributed by atoms with E-state index in [1.54, 1.807) is 12.1 Å². The smallest absolute Gasteiger partial charge is 0.412 e. The zero-order chi connectivity index (χ0) is 16.2. The molecule has 0 radical (unpaired) electrons. The monoisotopic (exact) mass is 329 g/mol. The highest BCUT2D eigenvalue weighted by Gasteiger charge is 2.22. The van der Waals surface area contributed by atoms with E-state index >= 15 is 0 Å². The van der Waals surface area contributed by atoms with Gasteiger partial charge in [-0.05, 0) is 48.1 Å². The Labute approximate surface area is 139 Å². The fraction of sp³-hybridized carbons (Fsp3) is 0.222. The Hall–Kier alpha value is -2.33. The quantitative estimate of drug-likeness (QED) is 0.803. The molecule has 1 aliphatic rings. The van der Waals surface area contributed by atoms with Gasteiger partial charge in [0.2, 0.25) is 0 Å². The lowest BCUT2D eigenvalue weighted by molar-refractivity contribution is 0.112. The molecule has 0 heterocycles. The average Bonchev–Trinajstić information content (AvgIpc) is 3.40. The van der Waals surface area contributed by atoms with Gasteiger partial charge in [-0.15, -0.1) is 0 Å². The lowest BCUT2D eigenvalue weighted by atomic mass is 10.1. The van der Waals surface area contributed by atoms with Crippen LogP contribution < -0.4 is 5.32 Å². The van der Waals surface area contributed by atoms with E-state index in [0.29, 0.717) is 28.5 Å². The SMILES string of the molecule is O=Cc1ccc(NC(=O)OCc2ccc(C3CC3)cc2)c(Cl)c1. The second-order valence-corrected chi connectivity index (χ2v) is 5.98. The topological polar surface area (TPSA) is 55.4 Å². The van der Waals surface area contributed by atoms with E-state index in [9.17, 15) is 9.59 Å². The molecule has 4 nitrogen and oxygen atoms in total. The minimum Gasteiger partial charge on any atom is -0.444 e. The number of carbonyl (C=O) groups excluding carboxylic acids is 2. The van der Waals surface area contributed by atoms with Gasteiger partial charge in [0.15, 0.2) is 0 Å². The average molecular weight is 330 g/mol. The molecule has 0 unspecified atom stereocenters. The zero-order valence-corrected chi connectivity index (χ0v) is 13.2. The molecule has 0 saturated heterocycles. The Morgan fingerprint density at radius 1 is 1.22 bits per heavy atom. The third-order valence-electron chi connectivity index (χ3n) is 3.76. The molecule has 1 aliphatic carbocycles. The molecule has 2 aromatic rings. The number of hydrogen-bond acceptors (Lipinski definition) is 3. The highest BCUT2D eigenvalue weighted by atomic mass is 35.5. The summed E-state index contributed by atoms with van der Waals surface area (Å²) >= 11 is 5.99. The predicted octanol–water partition coefficient (Wildman–Crippen LogP) is 4.78. The molecular formula is C18H16ClNO3. The molecular weight excluding hydrogens is 314 g/mol. The summed E-state index contributed by atoms with van der Waals surface area (Å²) < 4.78 is 5.18. The fourth-order valence-electron chi connectivity index (χ4n) is 2.30. The lowest BCUT2D eigenvalue weighted by Gasteiger charge is -2.09. The first-order chi connectivity index (χ1) is 11.2. The number of benzene rings is 2. The Balaban J connectivity index is 1.53. The minimum atomic E-state index is -0.586. The summed E-state index contributed by atoms with van der Waals surface area (Å²) in [7, 11) is 0. The van der Waals surface area contributed by atoms with Gasteiger partial charge in [-0.25, -0.2) is 4.79 Å². The number of hydrogen-bond donors (Lipinski definition) is 1. The van der Waals surface area contributed by atoms with E-state index in [1.807, 2.05) is 12.1 Å². The molecule has 1 fully saturated rings. The second kappa shape index (κ2) is 6.84. The van der Waals surface area contributed by atoms with E-state index in [4.69, 9.17) is 16.3 Å². The van der Waals surface area contributed by atoms with Crippen molar-refractivity contribution in [3.05, 3.63) is 64.2 Å². The van der Waals surface area contributed by atoms with Crippen LogP contribution >= 0.6 is 11.6 Å². The van der Waals surface area contributed by atoms with Crippen molar-refractivity contribution >= 4 is 29.7 Å². The standard InChI is InChI=1S/C18H16ClNO3/c19-16-9-13(10-21)3-8-17(16)20-18(22)23-11-12-1-4-14(5-2-12)15-6-7-15/h1-5,8-10,15H,6-7,11H2,(H,20,22). The summed E-state index contributed by atoms with van der Waals surface area (Å²) in [6, 6.07) is 12.8. The number of amides is 1. The summed E-state index contributed by atoms with van der Waals surface area (Å²) in [5, 5.41) is 2.85. The largest absolute Gasteiger partial charge is 0.444 e. The van der Waals surface area contributed by atoms with E-state index in [-0.39, 0.29) is 6.61 Å². The van der Waals surface area contributed by atoms with E-state index < -0.39 is 6.09 Å². The first-order valence-corrected chi connectivity index (χ1v) is 7.81. The Morgan fingerprint density at radius 2 is 1.96 bits per heavy atom. The number of anilines is 1. The molecule has 118 valence electrons. The molecule has 1 saturated carbocycles. The molecule has 3 rings (SSSR count). The molecule has 0 aliphatic heterocycles. The van der Waals surface area contributed by atoms with Crippen LogP contribution in [0.3, 0.4) is 0 Å². The molecule has 0 atom stereocenters. The third kappa shape index (κ3) is 4.11. The van der Waals surface area contributed by atoms with Crippen LogP contribution in [0.15, 0.2) is 42.5 Å². The molecule has 0 bridgehead atoms. The molecule has 2 aromatic carbocycles. The van der Waals surface area contributed by atoms with Crippen molar-refractivity contribution in [3.63, 3.8) is 0 Å². The maximum Gasteiger partial charge on any atom is 0.412 e. The van der Waals surface area contributed by atoms with Crippen LogP contribution in [-0.4, -0.2) is 12.4 Å². The van der Waals surface area contributed by atoms with Crippen LogP contribution in [0, 0.1) is 0 Å². The van der Waals surface area contributed by atoms with Gasteiger partial charge in [-0.3, -0.25) is 10.1 Å². The summed E-state index contributed by atoms with van der Waals surface area (Å²) in [6.45, 7) is 0.195. The van der Waals surface area contributed by atoms with Crippen LogP contribution in [0.2, 0.25) is 5.02 Å². The van der Waals surface area contributed by atoms with Crippen molar-refractivity contribution in [2.45, 2.75) is 25.4 Å². The fourth-order valence-corrected chi connectivity index (χ4v) is 2.54. The van der Waals surface area contributed by atoms with Crippen LogP contribution in [0.5, 0.6) is 0 Å². The number of nitrogens with one attached hydrogen (secondary N) is 1. The maximum absolute atomic E-state index is 11.8. The normalized spacial score (nSPS) is 13.4. The lowest BCUT2D eigenvalue weighted by Crippen LogP contribution is -2.13. The van der Waals surface area contributed by atoms with Crippen molar-refractivity contribution in [1.29, 1.82) is 0 Å². The number of halogens is 1. The van der Waals surface area contributed by atoms with Crippen molar-refractivity contribution in [2.24, 2.45) is 0 Å². The Kier molecular flexibility index (Phi) is 4.63. The van der Waals surface area contributed by atoms with E-state index in [0.717, 1.165) is 5.56 Å². The molecule has 23 heavy (non-hydrogen) atoms. The first-order valence-electron chi connectivity index (χ1n) is 7.43. The minimum absolute atomic E-state index is 0.195. The van der Waals surface area contributed by atoms with Gasteiger partial charge in [-0.2, -0.15) is 0 Å². The van der Waals surface area contributed by atoms with Gasteiger partial charge < -0.3 is 4.74 Å². The zero-order valence-electron chi connectivity index (χ0n) is 12.4. The molecule has 1 amide bonds. The summed E-state index contributed by atoms with van der Waals surface area (Å²) in [5.41, 5.74) is 3.14. The van der Waals surface area contributed by atoms with Crippen LogP contribution in [0.4, 0.5) is 10.5 Å². The van der Waals surface area contributed by atoms with Gasteiger partial charge in [0.05, 0.1) is 10.7 Å². The summed E-state index contributed by atoms with van der Waals surface area (Å²) in [4.78, 5) is 22.5. The van der Waals surface area contributed by atoms with Crippen LogP contribution in [-0.2, 0) is 11.3 Å². The number of carbonyl (C=O) groups is 2. The van der Waals surface area contributed by atoms with Gasteiger partial charge in [-0.1, -0.05) is 35.9 Å². The number of aldehydes is 1. The van der Waals surface area contributed by atoms with Crippen LogP contribution in [0.1, 0.15) is 40.2 Å². The summed E-state index contributed by atoms with van der Waals surface area (Å²) in [6.07, 6.45) is 2.64. The van der Waals surface area contributed by atoms with Gasteiger partial charge >= 0.3 is 6.09 Å². The Morgan fingerprint density at radius 3 is 2.57 bits per heavy atom. The highest BCUT2D eigenvalue weighted by molar-refractivity contribution is 6.33.